The molecule has 3 nitrogen and oxygen atoms in total. The number of aryl methyl sites for hydroxylation is 1. The monoisotopic (exact) mass is 206 g/mol. The Balaban J connectivity index is 3.17. The first-order valence-electron chi connectivity index (χ1n) is 4.72. The van der Waals surface area contributed by atoms with Crippen molar-refractivity contribution in [3.63, 3.8) is 0 Å². The Kier molecular flexibility index (Phi) is 3.50. The Hall–Kier alpha value is -1.77. The van der Waals surface area contributed by atoms with Crippen LogP contribution in [0.3, 0.4) is 0 Å². The number of hydrogen-bond donors (Lipinski definition) is 1. The van der Waals surface area contributed by atoms with Crippen LogP contribution in [0.1, 0.15) is 28.4 Å². The first-order chi connectivity index (χ1) is 7.06. The number of benzene rings is 1. The molecular formula is C12H14O3. The van der Waals surface area contributed by atoms with E-state index in [0.717, 1.165) is 5.56 Å². The fraction of sp³-hybridized carbons (Fsp3) is 0.250. The van der Waals surface area contributed by atoms with Gasteiger partial charge in [0.05, 0.1) is 12.2 Å². The second-order valence-corrected chi connectivity index (χ2v) is 3.21. The largest absolute Gasteiger partial charge is 0.494 e. The summed E-state index contributed by atoms with van der Waals surface area (Å²) in [6.45, 7) is 7.86. The van der Waals surface area contributed by atoms with Gasteiger partial charge in [-0.2, -0.15) is 0 Å². The summed E-state index contributed by atoms with van der Waals surface area (Å²) in [5, 5.41) is 9.01. The Labute approximate surface area is 89.0 Å². The van der Waals surface area contributed by atoms with E-state index in [1.165, 1.54) is 0 Å². The highest BCUT2D eigenvalue weighted by Gasteiger charge is 2.12. The average Bonchev–Trinajstić information content (AvgIpc) is 2.17. The molecule has 0 saturated carbocycles. The van der Waals surface area contributed by atoms with Gasteiger partial charge in [-0.1, -0.05) is 24.3 Å². The third-order valence-electron chi connectivity index (χ3n) is 2.02. The molecule has 1 rings (SSSR count). The zero-order valence-corrected chi connectivity index (χ0v) is 8.91. The van der Waals surface area contributed by atoms with Gasteiger partial charge in [-0.15, -0.1) is 0 Å². The molecule has 0 amide bonds. The fourth-order valence-electron chi connectivity index (χ4n) is 1.33. The van der Waals surface area contributed by atoms with E-state index in [2.05, 4.69) is 6.58 Å². The van der Waals surface area contributed by atoms with Crippen molar-refractivity contribution in [2.75, 3.05) is 6.61 Å². The second kappa shape index (κ2) is 4.64. The van der Waals surface area contributed by atoms with Crippen LogP contribution in [0.5, 0.6) is 0 Å². The Morgan fingerprint density at radius 3 is 2.67 bits per heavy atom. The van der Waals surface area contributed by atoms with Crippen molar-refractivity contribution >= 4 is 11.7 Å². The van der Waals surface area contributed by atoms with E-state index in [0.29, 0.717) is 17.9 Å². The molecule has 0 heterocycles. The molecule has 1 N–H and O–H groups in total. The van der Waals surface area contributed by atoms with Gasteiger partial charge in [0, 0.05) is 5.56 Å². The van der Waals surface area contributed by atoms with Crippen molar-refractivity contribution in [1.82, 2.24) is 0 Å². The molecule has 0 bridgehead atoms. The van der Waals surface area contributed by atoms with Crippen LogP contribution >= 0.6 is 0 Å². The van der Waals surface area contributed by atoms with E-state index >= 15 is 0 Å². The predicted octanol–water partition coefficient (Wildman–Crippen LogP) is 2.70. The molecule has 0 aliphatic heterocycles. The Bertz CT molecular complexity index is 394. The number of carboxylic acids is 1. The number of hydrogen-bond acceptors (Lipinski definition) is 2. The molecule has 0 aromatic heterocycles. The zero-order valence-electron chi connectivity index (χ0n) is 8.91. The van der Waals surface area contributed by atoms with Crippen molar-refractivity contribution in [2.45, 2.75) is 13.8 Å². The van der Waals surface area contributed by atoms with Crippen LogP contribution < -0.4 is 0 Å². The lowest BCUT2D eigenvalue weighted by Crippen LogP contribution is -2.03. The summed E-state index contributed by atoms with van der Waals surface area (Å²) in [6.07, 6.45) is 0. The molecule has 80 valence electrons. The van der Waals surface area contributed by atoms with Gasteiger partial charge in [-0.05, 0) is 19.9 Å². The molecule has 1 aromatic rings. The minimum absolute atomic E-state index is 0.230. The highest BCUT2D eigenvalue weighted by atomic mass is 16.5. The number of aromatic carboxylic acids is 1. The van der Waals surface area contributed by atoms with Crippen molar-refractivity contribution < 1.29 is 14.6 Å². The number of ether oxygens (including phenoxy) is 1. The molecule has 0 unspecified atom stereocenters. The van der Waals surface area contributed by atoms with Crippen LogP contribution in [0.15, 0.2) is 24.8 Å². The number of rotatable bonds is 4. The SMILES string of the molecule is C=C(OCC)c1ccc(C)cc1C(=O)O. The average molecular weight is 206 g/mol. The molecule has 15 heavy (non-hydrogen) atoms. The summed E-state index contributed by atoms with van der Waals surface area (Å²) in [6, 6.07) is 5.17. The normalized spacial score (nSPS) is 9.73. The smallest absolute Gasteiger partial charge is 0.336 e. The van der Waals surface area contributed by atoms with Gasteiger partial charge in [0.25, 0.3) is 0 Å². The predicted molar refractivity (Wildman–Crippen MR) is 58.8 cm³/mol. The first kappa shape index (κ1) is 11.3. The van der Waals surface area contributed by atoms with Gasteiger partial charge < -0.3 is 9.84 Å². The lowest BCUT2D eigenvalue weighted by Gasteiger charge is -2.10. The van der Waals surface area contributed by atoms with Gasteiger partial charge >= 0.3 is 5.97 Å². The van der Waals surface area contributed by atoms with Gasteiger partial charge in [0.15, 0.2) is 0 Å². The molecule has 0 spiro atoms. The van der Waals surface area contributed by atoms with E-state index in [4.69, 9.17) is 9.84 Å². The highest BCUT2D eigenvalue weighted by Crippen LogP contribution is 2.20. The quantitative estimate of drug-likeness (QED) is 0.770. The van der Waals surface area contributed by atoms with E-state index in [1.54, 1.807) is 12.1 Å². The molecule has 0 radical (unpaired) electrons. The summed E-state index contributed by atoms with van der Waals surface area (Å²) in [4.78, 5) is 11.0. The van der Waals surface area contributed by atoms with Crippen LogP contribution in [-0.2, 0) is 4.74 Å². The summed E-state index contributed by atoms with van der Waals surface area (Å²) < 4.78 is 5.20. The van der Waals surface area contributed by atoms with E-state index in [1.807, 2.05) is 19.9 Å². The summed E-state index contributed by atoms with van der Waals surface area (Å²) in [7, 11) is 0. The lowest BCUT2D eigenvalue weighted by atomic mass is 10.0. The third kappa shape index (κ3) is 2.59. The highest BCUT2D eigenvalue weighted by molar-refractivity contribution is 5.93. The lowest BCUT2D eigenvalue weighted by molar-refractivity contribution is 0.0695. The molecule has 0 aliphatic rings. The fourth-order valence-corrected chi connectivity index (χ4v) is 1.33. The Morgan fingerprint density at radius 1 is 1.47 bits per heavy atom. The first-order valence-corrected chi connectivity index (χ1v) is 4.72. The summed E-state index contributed by atoms with van der Waals surface area (Å²) in [5.74, 6) is -0.565. The van der Waals surface area contributed by atoms with Gasteiger partial charge in [0.2, 0.25) is 0 Å². The van der Waals surface area contributed by atoms with E-state index in [9.17, 15) is 4.79 Å². The topological polar surface area (TPSA) is 46.5 Å². The number of carbonyl (C=O) groups is 1. The zero-order chi connectivity index (χ0) is 11.4. The standard InChI is InChI=1S/C12H14O3/c1-4-15-9(3)10-6-5-8(2)7-11(10)12(13)14/h5-7H,3-4H2,1-2H3,(H,13,14). The maximum Gasteiger partial charge on any atom is 0.336 e. The Morgan fingerprint density at radius 2 is 2.13 bits per heavy atom. The molecule has 1 aromatic carbocycles. The molecule has 3 heteroatoms. The van der Waals surface area contributed by atoms with Crippen LogP contribution in [0.2, 0.25) is 0 Å². The van der Waals surface area contributed by atoms with E-state index in [-0.39, 0.29) is 5.56 Å². The van der Waals surface area contributed by atoms with Crippen molar-refractivity contribution in [3.8, 4) is 0 Å². The molecule has 0 aliphatic carbocycles. The van der Waals surface area contributed by atoms with Gasteiger partial charge in [0.1, 0.15) is 5.76 Å². The van der Waals surface area contributed by atoms with Crippen molar-refractivity contribution in [2.24, 2.45) is 0 Å². The van der Waals surface area contributed by atoms with Crippen LogP contribution in [0.25, 0.3) is 5.76 Å². The summed E-state index contributed by atoms with van der Waals surface area (Å²) >= 11 is 0. The maximum absolute atomic E-state index is 11.0. The van der Waals surface area contributed by atoms with Crippen LogP contribution in [0.4, 0.5) is 0 Å². The van der Waals surface area contributed by atoms with Gasteiger partial charge in [-0.25, -0.2) is 4.79 Å². The maximum atomic E-state index is 11.0. The number of carboxylic acid groups (broad SMARTS) is 1. The van der Waals surface area contributed by atoms with Crippen LogP contribution in [0, 0.1) is 6.92 Å². The van der Waals surface area contributed by atoms with Gasteiger partial charge in [-0.3, -0.25) is 0 Å². The minimum Gasteiger partial charge on any atom is -0.494 e. The summed E-state index contributed by atoms with van der Waals surface area (Å²) in [5.41, 5.74) is 1.67. The van der Waals surface area contributed by atoms with Crippen molar-refractivity contribution in [1.29, 1.82) is 0 Å². The molecule has 0 fully saturated rings. The van der Waals surface area contributed by atoms with Crippen LogP contribution in [-0.4, -0.2) is 17.7 Å². The molecule has 0 atom stereocenters. The molecule has 0 saturated heterocycles. The van der Waals surface area contributed by atoms with E-state index < -0.39 is 5.97 Å². The minimum atomic E-state index is -0.963. The second-order valence-electron chi connectivity index (χ2n) is 3.21. The van der Waals surface area contributed by atoms with Crippen molar-refractivity contribution in [3.05, 3.63) is 41.5 Å². The molecular weight excluding hydrogens is 192 g/mol. The third-order valence-corrected chi connectivity index (χ3v) is 2.02.